The number of aryl methyl sites for hydroxylation is 1. The first kappa shape index (κ1) is 41.3. The molecule has 3 saturated heterocycles. The first-order valence-corrected chi connectivity index (χ1v) is 22.1. The van der Waals surface area contributed by atoms with Crippen LogP contribution in [-0.4, -0.2) is 114 Å². The van der Waals surface area contributed by atoms with Crippen LogP contribution in [0.4, 0.5) is 20.3 Å². The molecule has 2 aliphatic carbocycles. The summed E-state index contributed by atoms with van der Waals surface area (Å²) in [5.41, 5.74) is 2.34. The zero-order valence-corrected chi connectivity index (χ0v) is 35.3. The minimum absolute atomic E-state index is 0.000969. The summed E-state index contributed by atoms with van der Waals surface area (Å²) < 4.78 is 45.7. The molecule has 63 heavy (non-hydrogen) atoms. The summed E-state index contributed by atoms with van der Waals surface area (Å²) in [6.45, 7) is 5.22. The molecule has 16 nitrogen and oxygen atoms in total. The average Bonchev–Trinajstić information content (AvgIpc) is 3.56. The fourth-order valence-electron chi connectivity index (χ4n) is 9.90. The Balaban J connectivity index is 0.694. The molecule has 1 spiro atoms. The van der Waals surface area contributed by atoms with Crippen molar-refractivity contribution < 1.29 is 32.6 Å². The maximum atomic E-state index is 14.3. The number of hydrogen-bond acceptors (Lipinski definition) is 11. The second kappa shape index (κ2) is 17.1. The smallest absolute Gasteiger partial charge is 0.284 e. The van der Waals surface area contributed by atoms with Crippen molar-refractivity contribution in [2.24, 2.45) is 13.0 Å². The summed E-state index contributed by atoms with van der Waals surface area (Å²) in [4.78, 5) is 47.2. The van der Waals surface area contributed by atoms with Gasteiger partial charge in [0.1, 0.15) is 18.0 Å². The number of halogens is 2. The lowest BCUT2D eigenvalue weighted by Crippen LogP contribution is -2.44. The average molecular weight is 864 g/mol. The molecule has 2 saturated carbocycles. The highest BCUT2D eigenvalue weighted by molar-refractivity contribution is 6.08. The molecule has 1 aromatic carbocycles. The molecular formula is C45H51F2N11O5. The molecule has 1 unspecified atom stereocenters. The van der Waals surface area contributed by atoms with Crippen LogP contribution >= 0.6 is 0 Å². The van der Waals surface area contributed by atoms with Crippen LogP contribution in [-0.2, 0) is 26.1 Å². The molecule has 5 aliphatic rings. The molecule has 3 amide bonds. The molecule has 5 aromatic rings. The minimum Gasteiger partial charge on any atom is -0.371 e. The third-order valence-electron chi connectivity index (χ3n) is 13.5. The van der Waals surface area contributed by atoms with Crippen LogP contribution in [0.25, 0.3) is 16.6 Å². The molecule has 0 radical (unpaired) electrons. The molecule has 5 fully saturated rings. The number of alkyl halides is 2. The van der Waals surface area contributed by atoms with E-state index in [1.54, 1.807) is 21.8 Å². The van der Waals surface area contributed by atoms with Gasteiger partial charge in [-0.2, -0.15) is 15.3 Å². The number of para-hydroxylation sites is 1. The number of imide groups is 1. The van der Waals surface area contributed by atoms with Gasteiger partial charge >= 0.3 is 0 Å². The van der Waals surface area contributed by atoms with E-state index in [2.05, 4.69) is 47.6 Å². The first-order valence-electron chi connectivity index (χ1n) is 22.1. The van der Waals surface area contributed by atoms with Crippen LogP contribution in [0.5, 0.6) is 0 Å². The number of anilines is 2. The number of hydrogen-bond donors (Lipinski definition) is 2. The van der Waals surface area contributed by atoms with Crippen molar-refractivity contribution in [2.75, 3.05) is 56.2 Å². The van der Waals surface area contributed by atoms with E-state index in [0.29, 0.717) is 49.9 Å². The van der Waals surface area contributed by atoms with E-state index < -0.39 is 23.9 Å². The Labute approximate surface area is 362 Å². The number of aromatic nitrogens is 7. The van der Waals surface area contributed by atoms with Gasteiger partial charge in [-0.25, -0.2) is 18.3 Å². The van der Waals surface area contributed by atoms with Gasteiger partial charge in [-0.05, 0) is 75.8 Å². The van der Waals surface area contributed by atoms with E-state index in [0.717, 1.165) is 99.8 Å². The standard InChI is InChI=1S/C45H51F2N11O5/c1-54-40-29(4-2-6-32(40)38(52-54)33-11-12-37(59)51-43(33)60)5-3-22-62-31-13-18-55(19-14-31)25-28-7-9-30(10-8-28)58-26-35(39(53-58)41(46)47)49-44(61)34-24-48-57-20-15-36(50-42(34)57)56-21-23-63-45(27-56)16-17-45/h2,4,6,15,20,24,26,28,30-31,33,41H,7-14,16-19,21-23,25,27H2,1H3,(H,49,61)(H,51,59,60). The second-order valence-corrected chi connectivity index (χ2v) is 17.7. The van der Waals surface area contributed by atoms with Gasteiger partial charge < -0.3 is 24.6 Å². The zero-order valence-electron chi connectivity index (χ0n) is 35.3. The number of morpholine rings is 1. The number of amides is 3. The van der Waals surface area contributed by atoms with Crippen molar-refractivity contribution in [3.05, 3.63) is 65.4 Å². The second-order valence-electron chi connectivity index (χ2n) is 17.7. The summed E-state index contributed by atoms with van der Waals surface area (Å²) in [5.74, 6) is 6.06. The molecule has 2 N–H and O–H groups in total. The summed E-state index contributed by atoms with van der Waals surface area (Å²) in [7, 11) is 1.84. The van der Waals surface area contributed by atoms with Crippen LogP contribution in [0.15, 0.2) is 42.9 Å². The Kier molecular flexibility index (Phi) is 11.2. The lowest BCUT2D eigenvalue weighted by atomic mass is 9.85. The number of nitrogens with zero attached hydrogens (tertiary/aromatic N) is 9. The fourth-order valence-corrected chi connectivity index (χ4v) is 9.90. The molecule has 330 valence electrons. The quantitative estimate of drug-likeness (QED) is 0.141. The Hall–Kier alpha value is -5.77. The van der Waals surface area contributed by atoms with E-state index in [1.165, 1.54) is 10.7 Å². The van der Waals surface area contributed by atoms with Gasteiger partial charge in [-0.15, -0.1) is 0 Å². The predicted octanol–water partition coefficient (Wildman–Crippen LogP) is 5.16. The lowest BCUT2D eigenvalue weighted by molar-refractivity contribution is -0.134. The summed E-state index contributed by atoms with van der Waals surface area (Å²) in [6, 6.07) is 7.63. The van der Waals surface area contributed by atoms with Gasteiger partial charge in [0.05, 0.1) is 58.9 Å². The number of fused-ring (bicyclic) bond motifs is 2. The van der Waals surface area contributed by atoms with Gasteiger partial charge in [-0.1, -0.05) is 24.0 Å². The maximum Gasteiger partial charge on any atom is 0.284 e. The van der Waals surface area contributed by atoms with Gasteiger partial charge in [0.2, 0.25) is 11.8 Å². The lowest BCUT2D eigenvalue weighted by Gasteiger charge is -2.36. The Morgan fingerprint density at radius 1 is 1.06 bits per heavy atom. The summed E-state index contributed by atoms with van der Waals surface area (Å²) in [5, 5.41) is 19.3. The van der Waals surface area contributed by atoms with E-state index in [9.17, 15) is 23.2 Å². The number of ether oxygens (including phenoxy) is 2. The van der Waals surface area contributed by atoms with Crippen molar-refractivity contribution in [1.29, 1.82) is 0 Å². The number of piperidine rings is 2. The van der Waals surface area contributed by atoms with Crippen LogP contribution in [0, 0.1) is 17.8 Å². The van der Waals surface area contributed by atoms with Crippen molar-refractivity contribution in [1.82, 2.24) is 44.4 Å². The third-order valence-corrected chi connectivity index (χ3v) is 13.5. The minimum atomic E-state index is -2.86. The number of carbonyl (C=O) groups is 3. The van der Waals surface area contributed by atoms with Crippen LogP contribution in [0.1, 0.15) is 110 Å². The molecule has 10 rings (SSSR count). The predicted molar refractivity (Wildman–Crippen MR) is 227 cm³/mol. The third kappa shape index (κ3) is 8.53. The van der Waals surface area contributed by atoms with Gasteiger partial charge in [0.25, 0.3) is 12.3 Å². The molecular weight excluding hydrogens is 813 g/mol. The van der Waals surface area contributed by atoms with E-state index in [1.807, 2.05) is 31.3 Å². The largest absolute Gasteiger partial charge is 0.371 e. The Morgan fingerprint density at radius 3 is 2.67 bits per heavy atom. The van der Waals surface area contributed by atoms with Crippen molar-refractivity contribution in [2.45, 2.75) is 94.3 Å². The highest BCUT2D eigenvalue weighted by atomic mass is 19.3. The monoisotopic (exact) mass is 863 g/mol. The van der Waals surface area contributed by atoms with Crippen molar-refractivity contribution >= 4 is 45.8 Å². The highest BCUT2D eigenvalue weighted by Crippen LogP contribution is 2.43. The van der Waals surface area contributed by atoms with Crippen LogP contribution < -0.4 is 15.5 Å². The molecule has 18 heteroatoms. The maximum absolute atomic E-state index is 14.3. The van der Waals surface area contributed by atoms with Gasteiger partial charge in [0, 0.05) is 64.0 Å². The topological polar surface area (TPSA) is 166 Å². The fraction of sp³-hybridized carbons (Fsp3) is 0.533. The van der Waals surface area contributed by atoms with Gasteiger partial charge in [0.15, 0.2) is 11.3 Å². The normalized spacial score (nSPS) is 23.0. The van der Waals surface area contributed by atoms with Crippen LogP contribution in [0.3, 0.4) is 0 Å². The highest BCUT2D eigenvalue weighted by Gasteiger charge is 2.47. The SMILES string of the molecule is Cn1nc(C2CCC(=O)NC2=O)c2cccc(C#CCOC3CCN(CC4CCC(n5cc(NC(=O)c6cnn7ccc(N8CCOC9(CC9)C8)nc67)c(C(F)F)n5)CC4)CC3)c21. The van der Waals surface area contributed by atoms with Gasteiger partial charge in [-0.3, -0.25) is 29.1 Å². The summed E-state index contributed by atoms with van der Waals surface area (Å²) in [6.07, 6.45) is 10.2. The number of carbonyl (C=O) groups excluding carboxylic acids is 3. The Morgan fingerprint density at radius 2 is 1.89 bits per heavy atom. The zero-order chi connectivity index (χ0) is 43.2. The molecule has 0 bridgehead atoms. The van der Waals surface area contributed by atoms with Crippen LogP contribution in [0.2, 0.25) is 0 Å². The number of rotatable bonds is 10. The van der Waals surface area contributed by atoms with Crippen molar-refractivity contribution in [3.63, 3.8) is 0 Å². The Bertz CT molecular complexity index is 2610. The molecule has 7 heterocycles. The van der Waals surface area contributed by atoms with E-state index in [4.69, 9.17) is 14.5 Å². The van der Waals surface area contributed by atoms with E-state index in [-0.39, 0.29) is 40.8 Å². The number of likely N-dealkylation sites (tertiary alicyclic amines) is 1. The number of nitrogens with one attached hydrogen (secondary N) is 2. The molecule has 4 aromatic heterocycles. The van der Waals surface area contributed by atoms with Crippen molar-refractivity contribution in [3.8, 4) is 11.8 Å². The number of benzene rings is 1. The van der Waals surface area contributed by atoms with E-state index >= 15 is 0 Å². The molecule has 3 aliphatic heterocycles. The first-order chi connectivity index (χ1) is 30.6. The summed E-state index contributed by atoms with van der Waals surface area (Å²) >= 11 is 0. The molecule has 1 atom stereocenters.